The van der Waals surface area contributed by atoms with Crippen LogP contribution >= 0.6 is 11.6 Å². The molecule has 2 aromatic carbocycles. The molecule has 2 aromatic rings. The van der Waals surface area contributed by atoms with Gasteiger partial charge in [-0.15, -0.1) is 0 Å². The van der Waals surface area contributed by atoms with Crippen LogP contribution in [0.2, 0.25) is 5.02 Å². The highest BCUT2D eigenvalue weighted by atomic mass is 35.5. The maximum Gasteiger partial charge on any atom is 0.344 e. The number of halogens is 1. The van der Waals surface area contributed by atoms with Gasteiger partial charge in [0, 0.05) is 16.3 Å². The molecule has 1 unspecified atom stereocenters. The minimum absolute atomic E-state index is 0.130. The van der Waals surface area contributed by atoms with Gasteiger partial charge in [-0.05, 0) is 61.9 Å². The molecule has 2 rings (SSSR count). The number of hydrogen-bond acceptors (Lipinski definition) is 4. The summed E-state index contributed by atoms with van der Waals surface area (Å²) in [6, 6.07) is 13.4. The molecule has 0 saturated heterocycles. The zero-order chi connectivity index (χ0) is 18.2. The summed E-state index contributed by atoms with van der Waals surface area (Å²) in [5.41, 5.74) is 1.13. The Morgan fingerprint density at radius 3 is 2.32 bits per heavy atom. The molecule has 0 bridgehead atoms. The van der Waals surface area contributed by atoms with Crippen LogP contribution in [0.15, 0.2) is 48.5 Å². The first kappa shape index (κ1) is 18.8. The molecule has 0 radical (unpaired) electrons. The van der Waals surface area contributed by atoms with Crippen LogP contribution in [0.4, 0.5) is 5.69 Å². The average Bonchev–Trinajstić information content (AvgIpc) is 2.62. The number of ether oxygens (including phenoxy) is 2. The highest BCUT2D eigenvalue weighted by Gasteiger charge is 2.10. The van der Waals surface area contributed by atoms with Crippen molar-refractivity contribution in [2.24, 2.45) is 0 Å². The van der Waals surface area contributed by atoms with Gasteiger partial charge in [-0.2, -0.15) is 0 Å². The van der Waals surface area contributed by atoms with Crippen molar-refractivity contribution in [1.82, 2.24) is 0 Å². The Kier molecular flexibility index (Phi) is 6.83. The lowest BCUT2D eigenvalue weighted by Crippen LogP contribution is -2.20. The topological polar surface area (TPSA) is 64.6 Å². The summed E-state index contributed by atoms with van der Waals surface area (Å²) in [5.74, 6) is -0.173. The number of carbonyl (C=O) groups excluding carboxylic acids is 2. The van der Waals surface area contributed by atoms with E-state index in [1.807, 2.05) is 13.8 Å². The number of rotatable bonds is 7. The van der Waals surface area contributed by atoms with E-state index in [0.717, 1.165) is 6.42 Å². The Balaban J connectivity index is 1.87. The molecule has 0 heterocycles. The van der Waals surface area contributed by atoms with Crippen LogP contribution in [0.3, 0.4) is 0 Å². The lowest BCUT2D eigenvalue weighted by atomic mass is 10.2. The summed E-state index contributed by atoms with van der Waals surface area (Å²) in [6.07, 6.45) is 0.624. The second-order valence-electron chi connectivity index (χ2n) is 5.48. The lowest BCUT2D eigenvalue weighted by molar-refractivity contribution is -0.150. The molecule has 25 heavy (non-hydrogen) atoms. The van der Waals surface area contributed by atoms with E-state index in [1.165, 1.54) is 0 Å². The molecular weight excluding hydrogens is 342 g/mol. The monoisotopic (exact) mass is 361 g/mol. The third kappa shape index (κ3) is 6.12. The highest BCUT2D eigenvalue weighted by Crippen LogP contribution is 2.16. The Labute approximate surface area is 151 Å². The van der Waals surface area contributed by atoms with Crippen molar-refractivity contribution in [3.05, 3.63) is 59.1 Å². The predicted octanol–water partition coefficient (Wildman–Crippen LogP) is 4.31. The van der Waals surface area contributed by atoms with Gasteiger partial charge in [-0.3, -0.25) is 4.79 Å². The van der Waals surface area contributed by atoms with E-state index in [0.29, 0.717) is 22.0 Å². The summed E-state index contributed by atoms with van der Waals surface area (Å²) >= 11 is 5.81. The Morgan fingerprint density at radius 2 is 1.72 bits per heavy atom. The third-order valence-corrected chi connectivity index (χ3v) is 3.73. The van der Waals surface area contributed by atoms with Crippen LogP contribution in [0.1, 0.15) is 30.6 Å². The minimum Gasteiger partial charge on any atom is -0.482 e. The fourth-order valence-electron chi connectivity index (χ4n) is 1.92. The number of esters is 1. The maximum absolute atomic E-state index is 12.2. The van der Waals surface area contributed by atoms with Gasteiger partial charge in [-0.1, -0.05) is 18.5 Å². The molecule has 1 atom stereocenters. The molecule has 0 aromatic heterocycles. The molecule has 1 N–H and O–H groups in total. The van der Waals surface area contributed by atoms with E-state index in [-0.39, 0.29) is 18.6 Å². The maximum atomic E-state index is 12.2. The first-order valence-corrected chi connectivity index (χ1v) is 8.35. The van der Waals surface area contributed by atoms with Gasteiger partial charge in [0.25, 0.3) is 5.91 Å². The van der Waals surface area contributed by atoms with Crippen molar-refractivity contribution in [2.75, 3.05) is 11.9 Å². The SMILES string of the molecule is CCC(C)OC(=O)COc1ccc(C(=O)Nc2ccc(Cl)cc2)cc1. The van der Waals surface area contributed by atoms with Crippen molar-refractivity contribution in [1.29, 1.82) is 0 Å². The van der Waals surface area contributed by atoms with Crippen molar-refractivity contribution in [2.45, 2.75) is 26.4 Å². The van der Waals surface area contributed by atoms with Crippen LogP contribution in [-0.2, 0) is 9.53 Å². The Bertz CT molecular complexity index is 713. The number of amides is 1. The number of anilines is 1. The molecule has 6 heteroatoms. The quantitative estimate of drug-likeness (QED) is 0.746. The molecule has 0 spiro atoms. The molecule has 0 aliphatic carbocycles. The number of hydrogen-bond donors (Lipinski definition) is 1. The molecule has 132 valence electrons. The third-order valence-electron chi connectivity index (χ3n) is 3.48. The second-order valence-corrected chi connectivity index (χ2v) is 5.92. The fraction of sp³-hybridized carbons (Fsp3) is 0.263. The molecule has 0 aliphatic heterocycles. The molecule has 1 amide bonds. The van der Waals surface area contributed by atoms with Crippen LogP contribution in [0.25, 0.3) is 0 Å². The molecular formula is C19H20ClNO4. The first-order valence-electron chi connectivity index (χ1n) is 7.97. The number of carbonyl (C=O) groups is 2. The van der Waals surface area contributed by atoms with E-state index in [9.17, 15) is 9.59 Å². The summed E-state index contributed by atoms with van der Waals surface area (Å²) in [6.45, 7) is 3.60. The highest BCUT2D eigenvalue weighted by molar-refractivity contribution is 6.30. The van der Waals surface area contributed by atoms with Crippen LogP contribution < -0.4 is 10.1 Å². The van der Waals surface area contributed by atoms with Gasteiger partial charge < -0.3 is 14.8 Å². The van der Waals surface area contributed by atoms with Crippen molar-refractivity contribution in [3.8, 4) is 5.75 Å². The van der Waals surface area contributed by atoms with Crippen molar-refractivity contribution < 1.29 is 19.1 Å². The molecule has 5 nitrogen and oxygen atoms in total. The van der Waals surface area contributed by atoms with E-state index < -0.39 is 5.97 Å². The average molecular weight is 362 g/mol. The van der Waals surface area contributed by atoms with E-state index >= 15 is 0 Å². The second kappa shape index (κ2) is 9.08. The van der Waals surface area contributed by atoms with Gasteiger partial charge in [0.1, 0.15) is 5.75 Å². The predicted molar refractivity (Wildman–Crippen MR) is 97.2 cm³/mol. The summed E-state index contributed by atoms with van der Waals surface area (Å²) in [5, 5.41) is 3.37. The molecule has 0 fully saturated rings. The van der Waals surface area contributed by atoms with Gasteiger partial charge in [0.05, 0.1) is 6.10 Å². The summed E-state index contributed by atoms with van der Waals surface area (Å²) < 4.78 is 10.5. The van der Waals surface area contributed by atoms with Crippen LogP contribution in [0, 0.1) is 0 Å². The number of nitrogens with one attached hydrogen (secondary N) is 1. The van der Waals surface area contributed by atoms with Gasteiger partial charge >= 0.3 is 5.97 Å². The Morgan fingerprint density at radius 1 is 1.08 bits per heavy atom. The van der Waals surface area contributed by atoms with Crippen LogP contribution in [-0.4, -0.2) is 24.6 Å². The largest absolute Gasteiger partial charge is 0.482 e. The van der Waals surface area contributed by atoms with E-state index in [4.69, 9.17) is 21.1 Å². The minimum atomic E-state index is -0.418. The van der Waals surface area contributed by atoms with Crippen molar-refractivity contribution >= 4 is 29.2 Å². The number of benzene rings is 2. The lowest BCUT2D eigenvalue weighted by Gasteiger charge is -2.11. The first-order chi connectivity index (χ1) is 12.0. The van der Waals surface area contributed by atoms with E-state index in [2.05, 4.69) is 5.32 Å². The summed E-state index contributed by atoms with van der Waals surface area (Å²) in [4.78, 5) is 23.7. The molecule has 0 saturated carbocycles. The van der Waals surface area contributed by atoms with Gasteiger partial charge in [0.2, 0.25) is 0 Å². The fourth-order valence-corrected chi connectivity index (χ4v) is 2.05. The zero-order valence-electron chi connectivity index (χ0n) is 14.1. The summed E-state index contributed by atoms with van der Waals surface area (Å²) in [7, 11) is 0. The van der Waals surface area contributed by atoms with Gasteiger partial charge in [-0.25, -0.2) is 4.79 Å². The van der Waals surface area contributed by atoms with E-state index in [1.54, 1.807) is 48.5 Å². The normalized spacial score (nSPS) is 11.5. The van der Waals surface area contributed by atoms with Crippen molar-refractivity contribution in [3.63, 3.8) is 0 Å². The molecule has 0 aliphatic rings. The standard InChI is InChI=1S/C19H20ClNO4/c1-3-13(2)25-18(22)12-24-17-10-4-14(5-11-17)19(23)21-16-8-6-15(20)7-9-16/h4-11,13H,3,12H2,1-2H3,(H,21,23). The Hall–Kier alpha value is -2.53. The van der Waals surface area contributed by atoms with Crippen LogP contribution in [0.5, 0.6) is 5.75 Å². The van der Waals surface area contributed by atoms with Gasteiger partial charge in [0.15, 0.2) is 6.61 Å². The zero-order valence-corrected chi connectivity index (χ0v) is 14.9. The smallest absolute Gasteiger partial charge is 0.344 e.